The molecule has 0 aromatic heterocycles. The van der Waals surface area contributed by atoms with Gasteiger partial charge in [0.15, 0.2) is 11.3 Å². The van der Waals surface area contributed by atoms with E-state index in [4.69, 9.17) is 33.1 Å². The third-order valence-electron chi connectivity index (χ3n) is 12.8. The van der Waals surface area contributed by atoms with E-state index >= 15 is 0 Å². The first kappa shape index (κ1) is 45.5. The van der Waals surface area contributed by atoms with E-state index in [1.807, 2.05) is 32.1 Å². The number of likely N-dealkylation sites (tertiary alicyclic amines) is 1. The monoisotopic (exact) mass is 869 g/mol. The standard InChI is InChI=1S/C48H59N3O12/c1-24-11-10-12-25(2)33(53)22-34(54)26(3)44(60-29(6)52)27(4)35(58-9)17-20-59-48(7)47(57)39-37-38(42(55)28(5)45(39)63-48)43(56)41(49-23-24)46-40(37)50-32-14-13-31(21-36(32)62-46)61-30-15-18-51(8)19-16-30/h10-14,17,20-21,25-27,30,33-35,44,49,53-55H,15-16,18-19,22-23H2,1-9H3/b12-10+,20-17+,24-11-/t25-,26+,27+,33+,34+,35-,44-,48-/m0/s1. The van der Waals surface area contributed by atoms with E-state index in [0.717, 1.165) is 31.5 Å². The number of aliphatic hydroxyl groups excluding tert-OH is 2. The number of hydrogen-bond donors (Lipinski definition) is 4. The molecule has 1 saturated heterocycles. The minimum absolute atomic E-state index is 0.00345. The fraction of sp³-hybridized carbons (Fsp3) is 0.500. The van der Waals surface area contributed by atoms with Gasteiger partial charge >= 0.3 is 11.8 Å². The number of ether oxygens (including phenoxy) is 5. The summed E-state index contributed by atoms with van der Waals surface area (Å²) in [5, 5.41) is 37.5. The lowest BCUT2D eigenvalue weighted by molar-refractivity contribution is -0.158. The maximum atomic E-state index is 14.8. The first-order valence-corrected chi connectivity index (χ1v) is 21.6. The number of esters is 1. The molecule has 5 aliphatic rings. The molecular formula is C48H59N3O12. The van der Waals surface area contributed by atoms with Crippen molar-refractivity contribution in [3.63, 3.8) is 0 Å². The lowest BCUT2D eigenvalue weighted by Gasteiger charge is -2.35. The topological polar surface area (TPSA) is 199 Å². The van der Waals surface area contributed by atoms with Crippen LogP contribution in [0.2, 0.25) is 0 Å². The minimum atomic E-state index is -1.97. The van der Waals surface area contributed by atoms with Crippen molar-refractivity contribution in [3.8, 4) is 28.7 Å². The van der Waals surface area contributed by atoms with Gasteiger partial charge in [0.05, 0.1) is 35.5 Å². The average Bonchev–Trinajstić information content (AvgIpc) is 3.51. The van der Waals surface area contributed by atoms with E-state index in [-0.39, 0.29) is 75.5 Å². The van der Waals surface area contributed by atoms with Gasteiger partial charge in [0.2, 0.25) is 5.43 Å². The number of fused-ring (bicyclic) bond motifs is 2. The van der Waals surface area contributed by atoms with Gasteiger partial charge in [-0.05, 0) is 51.9 Å². The summed E-state index contributed by atoms with van der Waals surface area (Å²) >= 11 is 0. The molecular weight excluding hydrogens is 811 g/mol. The summed E-state index contributed by atoms with van der Waals surface area (Å²) in [5.74, 6) is -4.40. The molecule has 0 radical (unpaired) electrons. The summed E-state index contributed by atoms with van der Waals surface area (Å²) in [4.78, 5) is 49.1. The number of nitrogens with one attached hydrogen (secondary N) is 1. The van der Waals surface area contributed by atoms with Gasteiger partial charge in [0, 0.05) is 81.8 Å². The number of carbonyl (C=O) groups is 2. The van der Waals surface area contributed by atoms with Crippen LogP contribution in [0.5, 0.6) is 17.2 Å². The Bertz CT molecular complexity index is 2500. The molecule has 1 aliphatic carbocycles. The molecule has 2 aromatic carbocycles. The van der Waals surface area contributed by atoms with Crippen molar-refractivity contribution >= 4 is 39.3 Å². The van der Waals surface area contributed by atoms with Crippen LogP contribution in [0.15, 0.2) is 63.6 Å². The SMILES string of the molecule is CO[C@H]1/C=C/O[C@@]2(C)Oc3c(C)c(O)c4c(=O)c(c5oc6cc(OC7CCN(C)CC7)ccc6nc-5c4c3C2=O)NC/C(C)=C\C=C\[C@H](C)[C@H](O)C[C@@H](O)[C@@H](C)[C@H](OC(C)=O)[C@@H]1C. The smallest absolute Gasteiger partial charge is 0.312 e. The fourth-order valence-electron chi connectivity index (χ4n) is 8.77. The molecule has 4 bridgehead atoms. The Balaban J connectivity index is 1.38. The molecule has 15 nitrogen and oxygen atoms in total. The number of phenolic OH excluding ortho intramolecular Hbond substituents is 1. The van der Waals surface area contributed by atoms with Crippen molar-refractivity contribution in [2.45, 2.75) is 104 Å². The number of benzene rings is 3. The Labute approximate surface area is 366 Å². The van der Waals surface area contributed by atoms with Crippen molar-refractivity contribution in [1.29, 1.82) is 0 Å². The highest BCUT2D eigenvalue weighted by atomic mass is 16.7. The molecule has 4 aliphatic heterocycles. The number of phenols is 1. The molecule has 0 saturated carbocycles. The first-order valence-electron chi connectivity index (χ1n) is 21.6. The van der Waals surface area contributed by atoms with Gasteiger partial charge < -0.3 is 53.6 Å². The van der Waals surface area contributed by atoms with Crippen molar-refractivity contribution in [1.82, 2.24) is 9.88 Å². The normalized spacial score (nSPS) is 29.8. The Morgan fingerprint density at radius 2 is 1.76 bits per heavy atom. The van der Waals surface area contributed by atoms with E-state index in [0.29, 0.717) is 16.8 Å². The van der Waals surface area contributed by atoms with Crippen LogP contribution in [0.4, 0.5) is 5.69 Å². The molecule has 63 heavy (non-hydrogen) atoms. The fourth-order valence-corrected chi connectivity index (χ4v) is 8.77. The third-order valence-corrected chi connectivity index (χ3v) is 12.8. The summed E-state index contributed by atoms with van der Waals surface area (Å²) in [7, 11) is 3.55. The number of Topliss-reactive ketones (excluding diaryl/α,β-unsaturated/α-hetero) is 1. The number of aromatic nitrogens is 1. The van der Waals surface area contributed by atoms with Crippen LogP contribution < -0.4 is 20.2 Å². The Morgan fingerprint density at radius 3 is 2.46 bits per heavy atom. The highest BCUT2D eigenvalue weighted by Gasteiger charge is 2.50. The van der Waals surface area contributed by atoms with Gasteiger partial charge in [-0.25, -0.2) is 4.98 Å². The van der Waals surface area contributed by atoms with Crippen LogP contribution in [0.1, 0.15) is 76.7 Å². The second kappa shape index (κ2) is 18.3. The molecule has 0 spiro atoms. The van der Waals surface area contributed by atoms with E-state index in [1.165, 1.54) is 27.2 Å². The van der Waals surface area contributed by atoms with E-state index in [2.05, 4.69) is 17.3 Å². The number of rotatable bonds is 4. The number of hydrogen-bond acceptors (Lipinski definition) is 15. The van der Waals surface area contributed by atoms with Gasteiger partial charge in [-0.3, -0.25) is 14.4 Å². The quantitative estimate of drug-likeness (QED) is 0.0965. The molecule has 4 heterocycles. The van der Waals surface area contributed by atoms with Crippen LogP contribution >= 0.6 is 0 Å². The first-order chi connectivity index (χ1) is 29.9. The van der Waals surface area contributed by atoms with Crippen LogP contribution in [-0.2, 0) is 19.0 Å². The maximum Gasteiger partial charge on any atom is 0.312 e. The minimum Gasteiger partial charge on any atom is -0.507 e. The second-order valence-corrected chi connectivity index (χ2v) is 17.6. The van der Waals surface area contributed by atoms with E-state index in [9.17, 15) is 29.7 Å². The van der Waals surface area contributed by atoms with Crippen LogP contribution in [0, 0.1) is 24.7 Å². The molecule has 7 rings (SSSR count). The van der Waals surface area contributed by atoms with Crippen molar-refractivity contribution < 1.29 is 53.0 Å². The number of piperidine rings is 1. The number of carbonyl (C=O) groups excluding carboxylic acids is 2. The number of anilines is 1. The molecule has 4 N–H and O–H groups in total. The Hall–Kier alpha value is -5.48. The molecule has 1 fully saturated rings. The highest BCUT2D eigenvalue weighted by molar-refractivity contribution is 6.21. The lowest BCUT2D eigenvalue weighted by atomic mass is 9.83. The molecule has 0 unspecified atom stereocenters. The highest BCUT2D eigenvalue weighted by Crippen LogP contribution is 2.50. The van der Waals surface area contributed by atoms with E-state index < -0.39 is 59.2 Å². The van der Waals surface area contributed by atoms with Crippen LogP contribution in [0.3, 0.4) is 0 Å². The Kier molecular flexibility index (Phi) is 13.2. The predicted octanol–water partition coefficient (Wildman–Crippen LogP) is 6.65. The summed E-state index contributed by atoms with van der Waals surface area (Å²) in [6, 6.07) is 5.31. The zero-order valence-corrected chi connectivity index (χ0v) is 37.4. The average molecular weight is 870 g/mol. The molecule has 338 valence electrons. The van der Waals surface area contributed by atoms with Crippen molar-refractivity contribution in [2.75, 3.05) is 39.1 Å². The number of nitrogens with zero attached hydrogens (tertiary/aromatic N) is 2. The zero-order valence-electron chi connectivity index (χ0n) is 37.4. The molecule has 8 atom stereocenters. The van der Waals surface area contributed by atoms with Gasteiger partial charge in [-0.2, -0.15) is 0 Å². The maximum absolute atomic E-state index is 14.8. The molecule has 0 amide bonds. The number of allylic oxidation sites excluding steroid dienone is 2. The summed E-state index contributed by atoms with van der Waals surface area (Å²) in [6.45, 7) is 13.5. The van der Waals surface area contributed by atoms with E-state index in [1.54, 1.807) is 45.1 Å². The molecule has 15 heteroatoms. The largest absolute Gasteiger partial charge is 0.507 e. The van der Waals surface area contributed by atoms with Crippen molar-refractivity contribution in [2.24, 2.45) is 17.8 Å². The summed E-state index contributed by atoms with van der Waals surface area (Å²) < 4.78 is 36.9. The zero-order chi connectivity index (χ0) is 45.5. The number of aromatic hydroxyl groups is 1. The molecule has 2 aromatic rings. The van der Waals surface area contributed by atoms with Gasteiger partial charge in [-0.1, -0.05) is 44.6 Å². The van der Waals surface area contributed by atoms with Crippen LogP contribution in [-0.4, -0.2) is 107 Å². The lowest BCUT2D eigenvalue weighted by Crippen LogP contribution is -2.43. The third kappa shape index (κ3) is 9.01. The Morgan fingerprint density at radius 1 is 1.03 bits per heavy atom. The predicted molar refractivity (Wildman–Crippen MR) is 237 cm³/mol. The summed E-state index contributed by atoms with van der Waals surface area (Å²) in [5.41, 5.74) is 1.27. The number of methoxy groups -OCH3 is 1. The van der Waals surface area contributed by atoms with Gasteiger partial charge in [-0.15, -0.1) is 0 Å². The van der Waals surface area contributed by atoms with Gasteiger partial charge in [0.1, 0.15) is 46.4 Å². The van der Waals surface area contributed by atoms with Crippen molar-refractivity contribution in [3.05, 3.63) is 75.7 Å². The van der Waals surface area contributed by atoms with Crippen LogP contribution in [0.25, 0.3) is 33.3 Å². The second-order valence-electron chi connectivity index (χ2n) is 17.6. The summed E-state index contributed by atoms with van der Waals surface area (Å²) in [6.07, 6.45) is 6.43. The van der Waals surface area contributed by atoms with Gasteiger partial charge in [0.25, 0.3) is 5.78 Å². The number of aliphatic hydroxyl groups is 2. The number of ketones is 1.